The van der Waals surface area contributed by atoms with Crippen LogP contribution >= 0.6 is 0 Å². The molecule has 6 heteroatoms. The van der Waals surface area contributed by atoms with E-state index < -0.39 is 11.9 Å². The van der Waals surface area contributed by atoms with Crippen molar-refractivity contribution in [1.82, 2.24) is 0 Å². The Morgan fingerprint density at radius 3 is 1.73 bits per heavy atom. The van der Waals surface area contributed by atoms with Gasteiger partial charge in [0.15, 0.2) is 0 Å². The van der Waals surface area contributed by atoms with E-state index in [1.54, 1.807) is 0 Å². The molecule has 0 aromatic rings. The van der Waals surface area contributed by atoms with E-state index in [4.69, 9.17) is 25.5 Å². The first-order valence-corrected chi connectivity index (χ1v) is 4.50. The molecule has 0 heterocycles. The van der Waals surface area contributed by atoms with Crippen LogP contribution in [0, 0.1) is 12.8 Å². The van der Waals surface area contributed by atoms with Crippen LogP contribution in [-0.4, -0.2) is 28.2 Å². The smallest absolute Gasteiger partial charge is 0.414 e. The third-order valence-electron chi connectivity index (χ3n) is 2.15. The SMILES string of the molecule is O=C(O)C(=O)O.[CH2+][C@@H]1CCCC[C@H]1N.[Pt]. The van der Waals surface area contributed by atoms with E-state index in [0.717, 1.165) is 0 Å². The van der Waals surface area contributed by atoms with Crippen molar-refractivity contribution in [3.8, 4) is 0 Å². The normalized spacial score (nSPS) is 24.1. The Balaban J connectivity index is 0. The number of carboxylic acids is 2. The van der Waals surface area contributed by atoms with E-state index in [-0.39, 0.29) is 21.1 Å². The van der Waals surface area contributed by atoms with Gasteiger partial charge < -0.3 is 15.9 Å². The number of hydrogen-bond donors (Lipinski definition) is 3. The number of carbonyl (C=O) groups is 2. The number of hydrogen-bond acceptors (Lipinski definition) is 3. The first kappa shape index (κ1) is 16.9. The Kier molecular flexibility index (Phi) is 9.83. The molecule has 15 heavy (non-hydrogen) atoms. The van der Waals surface area contributed by atoms with Gasteiger partial charge in [-0.25, -0.2) is 9.59 Å². The number of rotatable bonds is 0. The molecular weight excluding hydrogens is 381 g/mol. The Morgan fingerprint density at radius 2 is 1.53 bits per heavy atom. The summed E-state index contributed by atoms with van der Waals surface area (Å²) in [6.45, 7) is 3.95. The third-order valence-corrected chi connectivity index (χ3v) is 2.15. The van der Waals surface area contributed by atoms with Crippen LogP contribution in [0.4, 0.5) is 0 Å². The van der Waals surface area contributed by atoms with Gasteiger partial charge in [-0.1, -0.05) is 6.42 Å². The van der Waals surface area contributed by atoms with Crippen molar-refractivity contribution in [3.63, 3.8) is 0 Å². The second kappa shape index (κ2) is 8.74. The minimum Gasteiger partial charge on any atom is -0.473 e. The predicted octanol–water partition coefficient (Wildman–Crippen LogP) is 0.491. The average Bonchev–Trinajstić information content (AvgIpc) is 2.11. The van der Waals surface area contributed by atoms with Gasteiger partial charge in [0.1, 0.15) is 5.92 Å². The summed E-state index contributed by atoms with van der Waals surface area (Å²) >= 11 is 0. The first-order valence-electron chi connectivity index (χ1n) is 4.50. The predicted molar refractivity (Wildman–Crippen MR) is 50.6 cm³/mol. The van der Waals surface area contributed by atoms with Gasteiger partial charge in [0.05, 0.1) is 6.92 Å². The topological polar surface area (TPSA) is 101 Å². The fourth-order valence-electron chi connectivity index (χ4n) is 1.24. The zero-order chi connectivity index (χ0) is 11.1. The van der Waals surface area contributed by atoms with Gasteiger partial charge in [-0.15, -0.1) is 0 Å². The molecule has 1 fully saturated rings. The number of carboxylic acid groups (broad SMARTS) is 2. The molecule has 1 aliphatic rings. The average molecular weight is 397 g/mol. The van der Waals surface area contributed by atoms with Crippen molar-refractivity contribution >= 4 is 11.9 Å². The zero-order valence-electron chi connectivity index (χ0n) is 8.29. The van der Waals surface area contributed by atoms with E-state index >= 15 is 0 Å². The summed E-state index contributed by atoms with van der Waals surface area (Å²) in [7, 11) is 0. The molecule has 0 aliphatic heterocycles. The maximum Gasteiger partial charge on any atom is 0.414 e. The van der Waals surface area contributed by atoms with Crippen LogP contribution in [0.5, 0.6) is 0 Å². The van der Waals surface area contributed by atoms with Crippen LogP contribution in [0.25, 0.3) is 0 Å². The second-order valence-electron chi connectivity index (χ2n) is 3.32. The maximum atomic E-state index is 9.10. The molecule has 1 aliphatic carbocycles. The molecule has 0 spiro atoms. The third kappa shape index (κ3) is 8.45. The van der Waals surface area contributed by atoms with E-state index in [0.29, 0.717) is 12.0 Å². The Labute approximate surface area is 103 Å². The van der Waals surface area contributed by atoms with Crippen molar-refractivity contribution in [2.75, 3.05) is 0 Å². The molecule has 0 amide bonds. The van der Waals surface area contributed by atoms with E-state index in [1.807, 2.05) is 0 Å². The summed E-state index contributed by atoms with van der Waals surface area (Å²) in [4.78, 5) is 18.2. The molecule has 2 atom stereocenters. The van der Waals surface area contributed by atoms with Crippen molar-refractivity contribution in [3.05, 3.63) is 6.92 Å². The number of aliphatic carboxylic acids is 2. The first-order chi connectivity index (χ1) is 6.45. The molecular formula is C9H16NO4Pt+. The van der Waals surface area contributed by atoms with Crippen molar-refractivity contribution in [2.45, 2.75) is 31.7 Å². The zero-order valence-corrected chi connectivity index (χ0v) is 10.6. The summed E-state index contributed by atoms with van der Waals surface area (Å²) in [5.74, 6) is -3.12. The summed E-state index contributed by atoms with van der Waals surface area (Å²) in [6.07, 6.45) is 5.07. The van der Waals surface area contributed by atoms with Gasteiger partial charge in [0.2, 0.25) is 0 Å². The van der Waals surface area contributed by atoms with Crippen LogP contribution < -0.4 is 5.73 Å². The molecule has 0 aromatic heterocycles. The van der Waals surface area contributed by atoms with Gasteiger partial charge in [0, 0.05) is 27.1 Å². The van der Waals surface area contributed by atoms with Crippen LogP contribution in [0.3, 0.4) is 0 Å². The fraction of sp³-hybridized carbons (Fsp3) is 0.667. The number of nitrogens with two attached hydrogens (primary N) is 1. The molecule has 1 saturated carbocycles. The molecule has 1 rings (SSSR count). The van der Waals surface area contributed by atoms with Crippen molar-refractivity contribution in [2.24, 2.45) is 11.7 Å². The molecule has 0 aromatic carbocycles. The Hall–Kier alpha value is -0.542. The molecule has 0 unspecified atom stereocenters. The van der Waals surface area contributed by atoms with E-state index in [1.165, 1.54) is 25.7 Å². The minimum absolute atomic E-state index is 0. The maximum absolute atomic E-state index is 9.10. The Bertz CT molecular complexity index is 188. The van der Waals surface area contributed by atoms with Crippen LogP contribution in [0.1, 0.15) is 25.7 Å². The monoisotopic (exact) mass is 397 g/mol. The van der Waals surface area contributed by atoms with Crippen LogP contribution in [-0.2, 0) is 30.7 Å². The fourth-order valence-corrected chi connectivity index (χ4v) is 1.24. The van der Waals surface area contributed by atoms with Crippen LogP contribution in [0.2, 0.25) is 0 Å². The van der Waals surface area contributed by atoms with E-state index in [2.05, 4.69) is 6.92 Å². The molecule has 5 nitrogen and oxygen atoms in total. The van der Waals surface area contributed by atoms with Crippen LogP contribution in [0.15, 0.2) is 0 Å². The molecule has 0 radical (unpaired) electrons. The Morgan fingerprint density at radius 1 is 1.13 bits per heavy atom. The summed E-state index contributed by atoms with van der Waals surface area (Å²) in [5.41, 5.74) is 5.72. The molecule has 4 N–H and O–H groups in total. The summed E-state index contributed by atoms with van der Waals surface area (Å²) < 4.78 is 0. The van der Waals surface area contributed by atoms with Gasteiger partial charge in [-0.3, -0.25) is 0 Å². The summed E-state index contributed by atoms with van der Waals surface area (Å²) in [5, 5.41) is 14.8. The largest absolute Gasteiger partial charge is 0.473 e. The van der Waals surface area contributed by atoms with Gasteiger partial charge in [-0.2, -0.15) is 0 Å². The molecule has 90 valence electrons. The van der Waals surface area contributed by atoms with Gasteiger partial charge >= 0.3 is 11.9 Å². The van der Waals surface area contributed by atoms with Gasteiger partial charge in [0.25, 0.3) is 0 Å². The quantitative estimate of drug-likeness (QED) is 0.408. The molecule has 0 bridgehead atoms. The van der Waals surface area contributed by atoms with Crippen molar-refractivity contribution < 1.29 is 40.9 Å². The van der Waals surface area contributed by atoms with Gasteiger partial charge in [-0.05, 0) is 19.3 Å². The molecule has 0 saturated heterocycles. The van der Waals surface area contributed by atoms with Crippen molar-refractivity contribution in [1.29, 1.82) is 0 Å². The van der Waals surface area contributed by atoms with E-state index in [9.17, 15) is 0 Å². The summed E-state index contributed by atoms with van der Waals surface area (Å²) in [6, 6.07) is 0.392. The standard InChI is InChI=1S/C7H14N.C2H2O4.Pt/c1-6-4-2-3-5-7(6)8;3-1(4)2(5)6;/h6-7H,1-5,8H2;(H,3,4)(H,5,6);/q+1;;/t6-,7-;;/m1../s1. The second-order valence-corrected chi connectivity index (χ2v) is 3.32. The minimum atomic E-state index is -1.82.